The van der Waals surface area contributed by atoms with E-state index >= 15 is 0 Å². The smallest absolute Gasteiger partial charge is 0.251 e. The zero-order valence-corrected chi connectivity index (χ0v) is 11.3. The van der Waals surface area contributed by atoms with Gasteiger partial charge in [-0.1, -0.05) is 32.0 Å². The molecule has 0 saturated carbocycles. The summed E-state index contributed by atoms with van der Waals surface area (Å²) in [6.45, 7) is 4.78. The fourth-order valence-electron chi connectivity index (χ4n) is 2.02. The summed E-state index contributed by atoms with van der Waals surface area (Å²) in [6.07, 6.45) is 3.61. The minimum Gasteiger partial charge on any atom is -0.348 e. The normalized spacial score (nSPS) is 10.5. The first-order chi connectivity index (χ1) is 9.18. The lowest BCUT2D eigenvalue weighted by molar-refractivity contribution is 0.0951. The van der Waals surface area contributed by atoms with Gasteiger partial charge in [0, 0.05) is 24.5 Å². The van der Waals surface area contributed by atoms with E-state index < -0.39 is 0 Å². The molecule has 98 valence electrons. The maximum atomic E-state index is 12.0. The molecule has 0 saturated heterocycles. The molecular weight excluding hydrogens is 236 g/mol. The summed E-state index contributed by atoms with van der Waals surface area (Å²) in [6, 6.07) is 11.2. The highest BCUT2D eigenvalue weighted by molar-refractivity contribution is 5.94. The van der Waals surface area contributed by atoms with Gasteiger partial charge >= 0.3 is 0 Å². The molecule has 0 atom stereocenters. The number of pyridine rings is 1. The Kier molecular flexibility index (Phi) is 4.29. The second-order valence-corrected chi connectivity index (χ2v) is 4.78. The average molecular weight is 254 g/mol. The average Bonchev–Trinajstić information content (AvgIpc) is 2.46. The lowest BCUT2D eigenvalue weighted by Gasteiger charge is -2.12. The van der Waals surface area contributed by atoms with E-state index in [2.05, 4.69) is 24.1 Å². The number of rotatable bonds is 4. The van der Waals surface area contributed by atoms with Crippen molar-refractivity contribution in [2.24, 2.45) is 0 Å². The molecule has 1 aromatic heterocycles. The van der Waals surface area contributed by atoms with Crippen LogP contribution in [0, 0.1) is 0 Å². The predicted molar refractivity (Wildman–Crippen MR) is 75.9 cm³/mol. The van der Waals surface area contributed by atoms with Gasteiger partial charge in [-0.25, -0.2) is 0 Å². The summed E-state index contributed by atoms with van der Waals surface area (Å²) in [7, 11) is 0. The van der Waals surface area contributed by atoms with Gasteiger partial charge < -0.3 is 5.32 Å². The summed E-state index contributed by atoms with van der Waals surface area (Å²) in [5.74, 6) is 0.366. The molecule has 0 aliphatic carbocycles. The molecule has 3 nitrogen and oxygen atoms in total. The largest absolute Gasteiger partial charge is 0.348 e. The number of amides is 1. The van der Waals surface area contributed by atoms with Crippen molar-refractivity contribution in [1.82, 2.24) is 10.3 Å². The number of carbonyl (C=O) groups excluding carboxylic acids is 1. The molecule has 0 unspecified atom stereocenters. The van der Waals surface area contributed by atoms with Gasteiger partial charge in [0.25, 0.3) is 5.91 Å². The Hall–Kier alpha value is -2.16. The summed E-state index contributed by atoms with van der Waals surface area (Å²) >= 11 is 0. The number of hydrogen-bond acceptors (Lipinski definition) is 2. The Morgan fingerprint density at radius 2 is 1.95 bits per heavy atom. The first-order valence-electron chi connectivity index (χ1n) is 6.44. The number of aromatic nitrogens is 1. The Labute approximate surface area is 113 Å². The van der Waals surface area contributed by atoms with Crippen molar-refractivity contribution < 1.29 is 4.79 Å². The topological polar surface area (TPSA) is 42.0 Å². The molecule has 2 rings (SSSR count). The van der Waals surface area contributed by atoms with E-state index in [1.54, 1.807) is 6.20 Å². The lowest BCUT2D eigenvalue weighted by Crippen LogP contribution is -2.23. The van der Waals surface area contributed by atoms with E-state index in [1.165, 1.54) is 5.56 Å². The van der Waals surface area contributed by atoms with Crippen molar-refractivity contribution in [3.8, 4) is 0 Å². The molecule has 1 heterocycles. The second-order valence-electron chi connectivity index (χ2n) is 4.78. The first kappa shape index (κ1) is 13.3. The van der Waals surface area contributed by atoms with Crippen LogP contribution in [0.3, 0.4) is 0 Å². The standard InChI is InChI=1S/C16H18N2O/c1-12(2)15-8-9-17-10-14(15)11-18-16(19)13-6-4-3-5-7-13/h3-10,12H,11H2,1-2H3,(H,18,19). The van der Waals surface area contributed by atoms with Crippen molar-refractivity contribution in [2.75, 3.05) is 0 Å². The van der Waals surface area contributed by atoms with Gasteiger partial charge in [0.15, 0.2) is 0 Å². The van der Waals surface area contributed by atoms with Crippen LogP contribution in [0.4, 0.5) is 0 Å². The predicted octanol–water partition coefficient (Wildman–Crippen LogP) is 3.14. The van der Waals surface area contributed by atoms with Crippen LogP contribution in [0.5, 0.6) is 0 Å². The van der Waals surface area contributed by atoms with Crippen molar-refractivity contribution in [1.29, 1.82) is 0 Å². The SMILES string of the molecule is CC(C)c1ccncc1CNC(=O)c1ccccc1. The highest BCUT2D eigenvalue weighted by Crippen LogP contribution is 2.17. The molecule has 1 amide bonds. The van der Waals surface area contributed by atoms with Gasteiger partial charge in [-0.2, -0.15) is 0 Å². The van der Waals surface area contributed by atoms with Crippen molar-refractivity contribution >= 4 is 5.91 Å². The third-order valence-electron chi connectivity index (χ3n) is 3.04. The van der Waals surface area contributed by atoms with Gasteiger partial charge in [-0.15, -0.1) is 0 Å². The quantitative estimate of drug-likeness (QED) is 0.910. The lowest BCUT2D eigenvalue weighted by atomic mass is 9.99. The fourth-order valence-corrected chi connectivity index (χ4v) is 2.02. The van der Waals surface area contributed by atoms with E-state index in [-0.39, 0.29) is 5.91 Å². The van der Waals surface area contributed by atoms with Crippen LogP contribution in [0.1, 0.15) is 41.3 Å². The Morgan fingerprint density at radius 3 is 2.63 bits per heavy atom. The van der Waals surface area contributed by atoms with Crippen LogP contribution in [0.2, 0.25) is 0 Å². The Bertz CT molecular complexity index is 550. The minimum atomic E-state index is -0.0563. The molecule has 0 bridgehead atoms. The molecule has 1 aromatic carbocycles. The van der Waals surface area contributed by atoms with Gasteiger partial charge in [0.05, 0.1) is 0 Å². The van der Waals surface area contributed by atoms with Crippen LogP contribution in [-0.2, 0) is 6.54 Å². The van der Waals surface area contributed by atoms with E-state index in [0.29, 0.717) is 18.0 Å². The van der Waals surface area contributed by atoms with E-state index in [1.807, 2.05) is 42.6 Å². The summed E-state index contributed by atoms with van der Waals surface area (Å²) in [5, 5.41) is 2.93. The van der Waals surface area contributed by atoms with Gasteiger partial charge in [-0.05, 0) is 35.2 Å². The third kappa shape index (κ3) is 3.41. The Morgan fingerprint density at radius 1 is 1.21 bits per heavy atom. The zero-order chi connectivity index (χ0) is 13.7. The van der Waals surface area contributed by atoms with Crippen LogP contribution in [0.15, 0.2) is 48.8 Å². The van der Waals surface area contributed by atoms with Gasteiger partial charge in [0.1, 0.15) is 0 Å². The van der Waals surface area contributed by atoms with Crippen LogP contribution in [0.25, 0.3) is 0 Å². The first-order valence-corrected chi connectivity index (χ1v) is 6.44. The second kappa shape index (κ2) is 6.14. The van der Waals surface area contributed by atoms with Crippen LogP contribution in [-0.4, -0.2) is 10.9 Å². The van der Waals surface area contributed by atoms with Crippen LogP contribution >= 0.6 is 0 Å². The summed E-state index contributed by atoms with van der Waals surface area (Å²) in [5.41, 5.74) is 2.97. The number of benzene rings is 1. The molecule has 19 heavy (non-hydrogen) atoms. The monoisotopic (exact) mass is 254 g/mol. The van der Waals surface area contributed by atoms with E-state index in [0.717, 1.165) is 5.56 Å². The molecule has 1 N–H and O–H groups in total. The summed E-state index contributed by atoms with van der Waals surface area (Å²) < 4.78 is 0. The number of hydrogen-bond donors (Lipinski definition) is 1. The van der Waals surface area contributed by atoms with E-state index in [4.69, 9.17) is 0 Å². The highest BCUT2D eigenvalue weighted by atomic mass is 16.1. The minimum absolute atomic E-state index is 0.0563. The molecule has 0 fully saturated rings. The van der Waals surface area contributed by atoms with Gasteiger partial charge in [-0.3, -0.25) is 9.78 Å². The molecule has 3 heteroatoms. The molecule has 0 aliphatic heterocycles. The van der Waals surface area contributed by atoms with Gasteiger partial charge in [0.2, 0.25) is 0 Å². The van der Waals surface area contributed by atoms with Crippen molar-refractivity contribution in [3.63, 3.8) is 0 Å². The highest BCUT2D eigenvalue weighted by Gasteiger charge is 2.08. The number of nitrogens with zero attached hydrogens (tertiary/aromatic N) is 1. The Balaban J connectivity index is 2.05. The van der Waals surface area contributed by atoms with E-state index in [9.17, 15) is 4.79 Å². The van der Waals surface area contributed by atoms with Crippen molar-refractivity contribution in [3.05, 3.63) is 65.5 Å². The molecule has 0 aliphatic rings. The third-order valence-corrected chi connectivity index (χ3v) is 3.04. The zero-order valence-electron chi connectivity index (χ0n) is 11.3. The molecule has 2 aromatic rings. The maximum absolute atomic E-state index is 12.0. The maximum Gasteiger partial charge on any atom is 0.251 e. The number of nitrogens with one attached hydrogen (secondary N) is 1. The molecule has 0 spiro atoms. The molecular formula is C16H18N2O. The van der Waals surface area contributed by atoms with Crippen molar-refractivity contribution in [2.45, 2.75) is 26.3 Å². The number of carbonyl (C=O) groups is 1. The fraction of sp³-hybridized carbons (Fsp3) is 0.250. The molecule has 0 radical (unpaired) electrons. The summed E-state index contributed by atoms with van der Waals surface area (Å²) in [4.78, 5) is 16.1. The van der Waals surface area contributed by atoms with Crippen LogP contribution < -0.4 is 5.32 Å².